The molecule has 0 spiro atoms. The number of nitrogen functional groups attached to an aromatic ring is 1. The summed E-state index contributed by atoms with van der Waals surface area (Å²) in [7, 11) is 0. The van der Waals surface area contributed by atoms with Gasteiger partial charge in [0.2, 0.25) is 11.8 Å². The van der Waals surface area contributed by atoms with Gasteiger partial charge in [0, 0.05) is 11.8 Å². The summed E-state index contributed by atoms with van der Waals surface area (Å²) in [5.74, 6) is 2.06. The van der Waals surface area contributed by atoms with E-state index in [1.165, 1.54) is 0 Å². The van der Waals surface area contributed by atoms with Crippen LogP contribution in [0.25, 0.3) is 0 Å². The molecule has 0 amide bonds. The molecular formula is C11H16N6O. The second-order valence-corrected chi connectivity index (χ2v) is 4.04. The summed E-state index contributed by atoms with van der Waals surface area (Å²) < 4.78 is 5.15. The Hall–Kier alpha value is -2.18. The van der Waals surface area contributed by atoms with Gasteiger partial charge in [-0.1, -0.05) is 12.1 Å². The lowest BCUT2D eigenvalue weighted by atomic mass is 10.2. The van der Waals surface area contributed by atoms with Crippen LogP contribution in [0.3, 0.4) is 0 Å². The van der Waals surface area contributed by atoms with Crippen molar-refractivity contribution in [3.63, 3.8) is 0 Å². The third-order valence-electron chi connectivity index (χ3n) is 2.44. The Labute approximate surface area is 105 Å². The number of aromatic nitrogens is 4. The molecule has 0 bridgehead atoms. The molecule has 0 unspecified atom stereocenters. The number of hydrogen-bond acceptors (Lipinski definition) is 7. The molecule has 0 aliphatic carbocycles. The zero-order valence-electron chi connectivity index (χ0n) is 10.6. The molecule has 2 aromatic heterocycles. The summed E-state index contributed by atoms with van der Waals surface area (Å²) in [6.45, 7) is 5.67. The lowest BCUT2D eigenvalue weighted by molar-refractivity contribution is 0.356. The van der Waals surface area contributed by atoms with Gasteiger partial charge in [0.15, 0.2) is 5.82 Å². The van der Waals surface area contributed by atoms with Crippen molar-refractivity contribution < 1.29 is 4.52 Å². The van der Waals surface area contributed by atoms with Gasteiger partial charge in [-0.05, 0) is 20.3 Å². The fourth-order valence-corrected chi connectivity index (χ4v) is 1.64. The first-order valence-corrected chi connectivity index (χ1v) is 5.76. The number of nitrogens with two attached hydrogens (primary N) is 1. The molecule has 0 radical (unpaired) electrons. The van der Waals surface area contributed by atoms with Gasteiger partial charge in [-0.25, -0.2) is 4.98 Å². The first-order valence-electron chi connectivity index (χ1n) is 5.76. The average Bonchev–Trinajstić information content (AvgIpc) is 2.71. The Morgan fingerprint density at radius 1 is 1.33 bits per heavy atom. The molecule has 96 valence electrons. The third-order valence-corrected chi connectivity index (χ3v) is 2.44. The van der Waals surface area contributed by atoms with Crippen molar-refractivity contribution in [1.82, 2.24) is 20.1 Å². The lowest BCUT2D eigenvalue weighted by Crippen LogP contribution is -2.12. The van der Waals surface area contributed by atoms with Gasteiger partial charge in [0.25, 0.3) is 0 Å². The molecule has 2 aromatic rings. The molecule has 2 rings (SSSR count). The first kappa shape index (κ1) is 12.3. The maximum Gasteiger partial charge on any atom is 0.249 e. The van der Waals surface area contributed by atoms with E-state index in [-0.39, 0.29) is 12.0 Å². The molecule has 0 saturated carbocycles. The van der Waals surface area contributed by atoms with Crippen molar-refractivity contribution in [3.8, 4) is 0 Å². The van der Waals surface area contributed by atoms with Gasteiger partial charge in [-0.3, -0.25) is 0 Å². The molecule has 3 N–H and O–H groups in total. The lowest BCUT2D eigenvalue weighted by Gasteiger charge is -2.13. The van der Waals surface area contributed by atoms with E-state index in [0.717, 1.165) is 12.1 Å². The number of rotatable bonds is 4. The largest absolute Gasteiger partial charge is 0.368 e. The molecule has 0 aromatic carbocycles. The zero-order valence-corrected chi connectivity index (χ0v) is 10.6. The van der Waals surface area contributed by atoms with Crippen molar-refractivity contribution in [2.45, 2.75) is 33.2 Å². The van der Waals surface area contributed by atoms with Crippen LogP contribution in [0.2, 0.25) is 0 Å². The maximum atomic E-state index is 5.61. The van der Waals surface area contributed by atoms with E-state index < -0.39 is 0 Å². The van der Waals surface area contributed by atoms with Crippen molar-refractivity contribution in [1.29, 1.82) is 0 Å². The number of aryl methyl sites for hydroxylation is 2. The fourth-order valence-electron chi connectivity index (χ4n) is 1.64. The Morgan fingerprint density at radius 3 is 2.67 bits per heavy atom. The summed E-state index contributed by atoms with van der Waals surface area (Å²) in [5, 5.41) is 6.99. The highest BCUT2D eigenvalue weighted by Crippen LogP contribution is 2.20. The topological polar surface area (TPSA) is 103 Å². The molecular weight excluding hydrogens is 232 g/mol. The van der Waals surface area contributed by atoms with Crippen LogP contribution >= 0.6 is 0 Å². The second-order valence-electron chi connectivity index (χ2n) is 4.04. The van der Waals surface area contributed by atoms with Gasteiger partial charge in [-0.2, -0.15) is 9.97 Å². The Kier molecular flexibility index (Phi) is 3.40. The summed E-state index contributed by atoms with van der Waals surface area (Å²) in [4.78, 5) is 12.3. The van der Waals surface area contributed by atoms with Gasteiger partial charge < -0.3 is 15.6 Å². The van der Waals surface area contributed by atoms with E-state index in [2.05, 4.69) is 25.4 Å². The van der Waals surface area contributed by atoms with Crippen LogP contribution in [0.5, 0.6) is 0 Å². The quantitative estimate of drug-likeness (QED) is 0.847. The van der Waals surface area contributed by atoms with E-state index >= 15 is 0 Å². The molecule has 7 heteroatoms. The van der Waals surface area contributed by atoms with E-state index in [1.54, 1.807) is 6.92 Å². The molecule has 0 aliphatic rings. The number of nitrogens with one attached hydrogen (secondary N) is 1. The minimum absolute atomic E-state index is 0.0834. The first-order chi connectivity index (χ1) is 8.58. The predicted octanol–water partition coefficient (Wildman–Crippen LogP) is 1.62. The Balaban J connectivity index is 2.20. The molecule has 0 aliphatic heterocycles. The van der Waals surface area contributed by atoms with Crippen molar-refractivity contribution >= 4 is 11.8 Å². The van der Waals surface area contributed by atoms with Gasteiger partial charge in [0.05, 0.1) is 0 Å². The minimum Gasteiger partial charge on any atom is -0.368 e. The van der Waals surface area contributed by atoms with E-state index in [0.29, 0.717) is 17.5 Å². The van der Waals surface area contributed by atoms with Crippen LogP contribution in [0.15, 0.2) is 10.6 Å². The predicted molar refractivity (Wildman–Crippen MR) is 66.9 cm³/mol. The Bertz CT molecular complexity index is 518. The van der Waals surface area contributed by atoms with E-state index in [4.69, 9.17) is 10.3 Å². The van der Waals surface area contributed by atoms with Crippen LogP contribution < -0.4 is 11.1 Å². The standard InChI is InChI=1S/C11H16N6O/c1-4-8(10-14-7(3)17-18-10)15-9-5-6(2)13-11(12)16-9/h5,8H,4H2,1-3H3,(H3,12,13,15,16)/t8-/m0/s1. The van der Waals surface area contributed by atoms with Gasteiger partial charge in [0.1, 0.15) is 11.9 Å². The number of hydrogen-bond donors (Lipinski definition) is 2. The van der Waals surface area contributed by atoms with Crippen molar-refractivity contribution in [3.05, 3.63) is 23.5 Å². The van der Waals surface area contributed by atoms with Crippen LogP contribution in [0.4, 0.5) is 11.8 Å². The SMILES string of the molecule is CC[C@H](Nc1cc(C)nc(N)n1)c1nc(C)no1. The monoisotopic (exact) mass is 248 g/mol. The van der Waals surface area contributed by atoms with Crippen LogP contribution in [-0.4, -0.2) is 20.1 Å². The number of nitrogens with zero attached hydrogens (tertiary/aromatic N) is 4. The summed E-state index contributed by atoms with van der Waals surface area (Å²) in [6, 6.07) is 1.74. The second kappa shape index (κ2) is 4.99. The zero-order chi connectivity index (χ0) is 13.1. The van der Waals surface area contributed by atoms with Crippen LogP contribution in [0.1, 0.15) is 36.8 Å². The van der Waals surface area contributed by atoms with Gasteiger partial charge in [-0.15, -0.1) is 0 Å². The van der Waals surface area contributed by atoms with E-state index in [9.17, 15) is 0 Å². The third kappa shape index (κ3) is 2.73. The fraction of sp³-hybridized carbons (Fsp3) is 0.455. The highest BCUT2D eigenvalue weighted by Gasteiger charge is 2.16. The molecule has 1 atom stereocenters. The molecule has 18 heavy (non-hydrogen) atoms. The highest BCUT2D eigenvalue weighted by atomic mass is 16.5. The molecule has 0 saturated heterocycles. The molecule has 7 nitrogen and oxygen atoms in total. The maximum absolute atomic E-state index is 5.61. The summed E-state index contributed by atoms with van der Waals surface area (Å²) in [5.41, 5.74) is 6.41. The average molecular weight is 248 g/mol. The normalized spacial score (nSPS) is 12.4. The highest BCUT2D eigenvalue weighted by molar-refractivity contribution is 5.41. The van der Waals surface area contributed by atoms with Crippen LogP contribution in [0, 0.1) is 13.8 Å². The number of anilines is 2. The van der Waals surface area contributed by atoms with E-state index in [1.807, 2.05) is 19.9 Å². The van der Waals surface area contributed by atoms with Crippen LogP contribution in [-0.2, 0) is 0 Å². The summed E-state index contributed by atoms with van der Waals surface area (Å²) in [6.07, 6.45) is 0.796. The smallest absolute Gasteiger partial charge is 0.249 e. The molecule has 0 fully saturated rings. The summed E-state index contributed by atoms with van der Waals surface area (Å²) >= 11 is 0. The Morgan fingerprint density at radius 2 is 2.11 bits per heavy atom. The van der Waals surface area contributed by atoms with Crippen molar-refractivity contribution in [2.75, 3.05) is 11.1 Å². The minimum atomic E-state index is -0.0834. The van der Waals surface area contributed by atoms with Gasteiger partial charge >= 0.3 is 0 Å². The van der Waals surface area contributed by atoms with Crippen molar-refractivity contribution in [2.24, 2.45) is 0 Å². The molecule has 2 heterocycles.